The van der Waals surface area contributed by atoms with Crippen molar-refractivity contribution in [3.63, 3.8) is 0 Å². The van der Waals surface area contributed by atoms with Crippen LogP contribution in [0.3, 0.4) is 0 Å². The van der Waals surface area contributed by atoms with Crippen LogP contribution in [-0.4, -0.2) is 12.1 Å². The minimum absolute atomic E-state index is 0.272. The predicted octanol–water partition coefficient (Wildman–Crippen LogP) is 2.24. The number of rotatable bonds is 3. The van der Waals surface area contributed by atoms with E-state index in [9.17, 15) is 9.18 Å². The number of furan rings is 1. The summed E-state index contributed by atoms with van der Waals surface area (Å²) in [5.74, 6) is 0.0781. The van der Waals surface area contributed by atoms with Crippen LogP contribution in [0.5, 0.6) is 0 Å². The van der Waals surface area contributed by atoms with E-state index in [0.29, 0.717) is 5.76 Å². The van der Waals surface area contributed by atoms with Crippen molar-refractivity contribution in [1.29, 1.82) is 0 Å². The van der Waals surface area contributed by atoms with Crippen LogP contribution in [0.1, 0.15) is 15.4 Å². The SMILES string of the molecule is O=C(N/N=C/c1ccco1)c1ccc(F)s1. The smallest absolute Gasteiger partial charge is 0.281 e. The lowest BCUT2D eigenvalue weighted by molar-refractivity contribution is 0.0959. The molecular formula is C10H7FN2O2S. The van der Waals surface area contributed by atoms with Gasteiger partial charge in [-0.3, -0.25) is 4.79 Å². The zero-order valence-electron chi connectivity index (χ0n) is 8.01. The lowest BCUT2D eigenvalue weighted by Gasteiger charge is -1.93. The molecule has 0 radical (unpaired) electrons. The van der Waals surface area contributed by atoms with Crippen LogP contribution in [0.25, 0.3) is 0 Å². The highest BCUT2D eigenvalue weighted by Crippen LogP contribution is 2.13. The van der Waals surface area contributed by atoms with Gasteiger partial charge in [0.25, 0.3) is 5.91 Å². The van der Waals surface area contributed by atoms with E-state index in [2.05, 4.69) is 10.5 Å². The molecule has 0 saturated carbocycles. The number of thiophene rings is 1. The third-order valence-corrected chi connectivity index (χ3v) is 2.57. The molecule has 0 unspecified atom stereocenters. The Hall–Kier alpha value is -1.95. The first-order valence-electron chi connectivity index (χ1n) is 4.38. The summed E-state index contributed by atoms with van der Waals surface area (Å²) in [5, 5.41) is 3.26. The topological polar surface area (TPSA) is 54.6 Å². The number of hydrazone groups is 1. The maximum atomic E-state index is 12.6. The second kappa shape index (κ2) is 4.71. The molecule has 4 nitrogen and oxygen atoms in total. The molecule has 82 valence electrons. The molecule has 16 heavy (non-hydrogen) atoms. The van der Waals surface area contributed by atoms with Crippen molar-refractivity contribution >= 4 is 23.5 Å². The number of hydrogen-bond acceptors (Lipinski definition) is 4. The third kappa shape index (κ3) is 2.54. The van der Waals surface area contributed by atoms with Crippen LogP contribution in [0.4, 0.5) is 4.39 Å². The Morgan fingerprint density at radius 2 is 2.38 bits per heavy atom. The van der Waals surface area contributed by atoms with Crippen LogP contribution in [0, 0.1) is 5.13 Å². The van der Waals surface area contributed by atoms with Crippen LogP contribution in [0.2, 0.25) is 0 Å². The highest BCUT2D eigenvalue weighted by atomic mass is 32.1. The molecule has 0 aromatic carbocycles. The van der Waals surface area contributed by atoms with Gasteiger partial charge in [0, 0.05) is 0 Å². The van der Waals surface area contributed by atoms with Crippen LogP contribution in [0.15, 0.2) is 40.0 Å². The maximum Gasteiger partial charge on any atom is 0.281 e. The van der Waals surface area contributed by atoms with Crippen molar-refractivity contribution < 1.29 is 13.6 Å². The number of nitrogens with one attached hydrogen (secondary N) is 1. The van der Waals surface area contributed by atoms with E-state index in [4.69, 9.17) is 4.42 Å². The molecule has 6 heteroatoms. The fourth-order valence-corrected chi connectivity index (χ4v) is 1.63. The van der Waals surface area contributed by atoms with Crippen molar-refractivity contribution in [2.75, 3.05) is 0 Å². The van der Waals surface area contributed by atoms with Gasteiger partial charge in [-0.15, -0.1) is 11.3 Å². The Labute approximate surface area is 94.4 Å². The van der Waals surface area contributed by atoms with Gasteiger partial charge in [0.05, 0.1) is 17.4 Å². The monoisotopic (exact) mass is 238 g/mol. The van der Waals surface area contributed by atoms with E-state index in [-0.39, 0.29) is 4.88 Å². The summed E-state index contributed by atoms with van der Waals surface area (Å²) in [4.78, 5) is 11.6. The van der Waals surface area contributed by atoms with Gasteiger partial charge in [-0.05, 0) is 24.3 Å². The number of carbonyl (C=O) groups is 1. The molecule has 0 spiro atoms. The highest BCUT2D eigenvalue weighted by Gasteiger charge is 2.07. The van der Waals surface area contributed by atoms with Crippen LogP contribution < -0.4 is 5.43 Å². The predicted molar refractivity (Wildman–Crippen MR) is 58.0 cm³/mol. The standard InChI is InChI=1S/C10H7FN2O2S/c11-9-4-3-8(16-9)10(14)13-12-6-7-2-1-5-15-7/h1-6H,(H,13,14)/b12-6+. The van der Waals surface area contributed by atoms with Crippen molar-refractivity contribution in [3.8, 4) is 0 Å². The summed E-state index contributed by atoms with van der Waals surface area (Å²) in [7, 11) is 0. The van der Waals surface area contributed by atoms with E-state index in [1.807, 2.05) is 0 Å². The van der Waals surface area contributed by atoms with Gasteiger partial charge in [-0.25, -0.2) is 5.43 Å². The molecule has 2 rings (SSSR count). The molecule has 0 fully saturated rings. The molecule has 2 heterocycles. The summed E-state index contributed by atoms with van der Waals surface area (Å²) in [6.07, 6.45) is 2.86. The Morgan fingerprint density at radius 3 is 3.00 bits per heavy atom. The fourth-order valence-electron chi connectivity index (χ4n) is 1.01. The molecule has 1 N–H and O–H groups in total. The number of carbonyl (C=O) groups excluding carboxylic acids is 1. The summed E-state index contributed by atoms with van der Waals surface area (Å²) >= 11 is 0.768. The van der Waals surface area contributed by atoms with E-state index in [1.165, 1.54) is 24.6 Å². The zero-order chi connectivity index (χ0) is 11.4. The van der Waals surface area contributed by atoms with E-state index >= 15 is 0 Å². The van der Waals surface area contributed by atoms with E-state index in [1.54, 1.807) is 12.1 Å². The molecule has 2 aromatic heterocycles. The molecule has 1 amide bonds. The number of halogens is 1. The van der Waals surface area contributed by atoms with Gasteiger partial charge < -0.3 is 4.42 Å². The summed E-state index contributed by atoms with van der Waals surface area (Å²) < 4.78 is 17.6. The number of amides is 1. The second-order valence-electron chi connectivity index (χ2n) is 2.82. The Bertz CT molecular complexity index is 505. The quantitative estimate of drug-likeness (QED) is 0.658. The number of hydrogen-bond donors (Lipinski definition) is 1. The van der Waals surface area contributed by atoms with Gasteiger partial charge in [-0.2, -0.15) is 9.49 Å². The molecule has 0 aliphatic rings. The first-order chi connectivity index (χ1) is 7.75. The minimum atomic E-state index is -0.447. The third-order valence-electron chi connectivity index (χ3n) is 1.70. The molecule has 2 aromatic rings. The summed E-state index contributed by atoms with van der Waals surface area (Å²) in [6, 6.07) is 6.03. The molecule has 0 aliphatic heterocycles. The fraction of sp³-hybridized carbons (Fsp3) is 0. The largest absolute Gasteiger partial charge is 0.463 e. The first kappa shape index (κ1) is 10.6. The van der Waals surface area contributed by atoms with E-state index < -0.39 is 11.0 Å². The normalized spacial score (nSPS) is 10.8. The first-order valence-corrected chi connectivity index (χ1v) is 5.19. The minimum Gasteiger partial charge on any atom is -0.463 e. The summed E-state index contributed by atoms with van der Waals surface area (Å²) in [6.45, 7) is 0. The summed E-state index contributed by atoms with van der Waals surface area (Å²) in [5.41, 5.74) is 2.26. The van der Waals surface area contributed by atoms with Crippen molar-refractivity contribution in [2.45, 2.75) is 0 Å². The Morgan fingerprint density at radius 1 is 1.50 bits per heavy atom. The zero-order valence-corrected chi connectivity index (χ0v) is 8.83. The average molecular weight is 238 g/mol. The Balaban J connectivity index is 1.94. The molecular weight excluding hydrogens is 231 g/mol. The average Bonchev–Trinajstić information content (AvgIpc) is 2.89. The molecule has 0 bridgehead atoms. The van der Waals surface area contributed by atoms with Gasteiger partial charge >= 0.3 is 0 Å². The number of nitrogens with zero attached hydrogens (tertiary/aromatic N) is 1. The lowest BCUT2D eigenvalue weighted by Crippen LogP contribution is -2.15. The van der Waals surface area contributed by atoms with Gasteiger partial charge in [0.1, 0.15) is 5.76 Å². The van der Waals surface area contributed by atoms with Crippen molar-refractivity contribution in [2.24, 2.45) is 5.10 Å². The highest BCUT2D eigenvalue weighted by molar-refractivity contribution is 7.12. The van der Waals surface area contributed by atoms with Crippen LogP contribution >= 0.6 is 11.3 Å². The van der Waals surface area contributed by atoms with Gasteiger partial charge in [0.2, 0.25) is 0 Å². The second-order valence-corrected chi connectivity index (χ2v) is 3.85. The molecule has 0 aliphatic carbocycles. The van der Waals surface area contributed by atoms with E-state index in [0.717, 1.165) is 11.3 Å². The van der Waals surface area contributed by atoms with Crippen LogP contribution in [-0.2, 0) is 0 Å². The molecule has 0 atom stereocenters. The molecule has 0 saturated heterocycles. The maximum absolute atomic E-state index is 12.6. The van der Waals surface area contributed by atoms with Gasteiger partial charge in [-0.1, -0.05) is 0 Å². The van der Waals surface area contributed by atoms with Crippen molar-refractivity contribution in [3.05, 3.63) is 46.3 Å². The Kier molecular flexibility index (Phi) is 3.11. The van der Waals surface area contributed by atoms with Crippen molar-refractivity contribution in [1.82, 2.24) is 5.43 Å². The lowest BCUT2D eigenvalue weighted by atomic mass is 10.4. The van der Waals surface area contributed by atoms with Gasteiger partial charge in [0.15, 0.2) is 5.13 Å².